The van der Waals surface area contributed by atoms with Crippen LogP contribution in [0.4, 0.5) is 10.1 Å². The number of aromatic hydroxyl groups is 1. The Balaban J connectivity index is 1.76. The van der Waals surface area contributed by atoms with Crippen molar-refractivity contribution in [2.24, 2.45) is 0 Å². The van der Waals surface area contributed by atoms with Crippen LogP contribution in [0.5, 0.6) is 5.88 Å². The average Bonchev–Trinajstić information content (AvgIpc) is 2.92. The Morgan fingerprint density at radius 3 is 2.26 bits per heavy atom. The minimum Gasteiger partial charge on any atom is -0.493 e. The molecule has 0 radical (unpaired) electrons. The summed E-state index contributed by atoms with van der Waals surface area (Å²) in [6.07, 6.45) is 0. The number of benzene rings is 2. The van der Waals surface area contributed by atoms with E-state index in [4.69, 9.17) is 17.0 Å². The molecule has 27 heavy (non-hydrogen) atoms. The van der Waals surface area contributed by atoms with Gasteiger partial charge in [0.15, 0.2) is 4.77 Å². The van der Waals surface area contributed by atoms with E-state index in [-0.39, 0.29) is 11.6 Å². The Morgan fingerprint density at radius 1 is 0.963 bits per heavy atom. The van der Waals surface area contributed by atoms with Crippen molar-refractivity contribution >= 4 is 17.9 Å². The molecule has 0 bridgehead atoms. The Labute approximate surface area is 161 Å². The summed E-state index contributed by atoms with van der Waals surface area (Å²) in [5.74, 6) is -0.508. The van der Waals surface area contributed by atoms with Crippen LogP contribution < -0.4 is 4.90 Å². The summed E-state index contributed by atoms with van der Waals surface area (Å²) in [7, 11) is 0. The van der Waals surface area contributed by atoms with Gasteiger partial charge in [0.2, 0.25) is 5.88 Å². The predicted molar refractivity (Wildman–Crippen MR) is 105 cm³/mol. The minimum atomic E-state index is -0.441. The van der Waals surface area contributed by atoms with Crippen molar-refractivity contribution in [3.8, 4) is 17.3 Å². The number of hydrogen-bond acceptors (Lipinski definition) is 4. The Kier molecular flexibility index (Phi) is 4.72. The molecular formula is C20H20FN3O2S. The van der Waals surface area contributed by atoms with Gasteiger partial charge in [-0.15, -0.1) is 0 Å². The zero-order valence-electron chi connectivity index (χ0n) is 14.9. The van der Waals surface area contributed by atoms with E-state index in [0.717, 1.165) is 37.7 Å². The lowest BCUT2D eigenvalue weighted by molar-refractivity contribution is 0.122. The first-order chi connectivity index (χ1) is 13.1. The molecule has 0 saturated carbocycles. The van der Waals surface area contributed by atoms with Crippen LogP contribution >= 0.6 is 12.2 Å². The quantitative estimate of drug-likeness (QED) is 0.693. The number of halogens is 1. The van der Waals surface area contributed by atoms with Crippen molar-refractivity contribution in [3.63, 3.8) is 0 Å². The molecule has 2 aromatic carbocycles. The molecule has 3 aromatic rings. The summed E-state index contributed by atoms with van der Waals surface area (Å²) in [5, 5.41) is 10.6. The molecule has 1 aromatic heterocycles. The lowest BCUT2D eigenvalue weighted by Crippen LogP contribution is -2.36. The highest BCUT2D eigenvalue weighted by molar-refractivity contribution is 7.71. The summed E-state index contributed by atoms with van der Waals surface area (Å²) < 4.78 is 23.0. The molecule has 5 nitrogen and oxygen atoms in total. The molecule has 1 fully saturated rings. The Hall–Kier alpha value is -2.64. The molecule has 0 spiro atoms. The van der Waals surface area contributed by atoms with Crippen molar-refractivity contribution in [1.29, 1.82) is 0 Å². The van der Waals surface area contributed by atoms with E-state index in [1.165, 1.54) is 10.6 Å². The van der Waals surface area contributed by atoms with Crippen LogP contribution in [0.2, 0.25) is 0 Å². The van der Waals surface area contributed by atoms with Crippen molar-refractivity contribution in [1.82, 2.24) is 9.13 Å². The molecule has 140 valence electrons. The van der Waals surface area contributed by atoms with E-state index in [2.05, 4.69) is 4.90 Å². The van der Waals surface area contributed by atoms with Gasteiger partial charge in [-0.1, -0.05) is 12.1 Å². The van der Waals surface area contributed by atoms with Gasteiger partial charge in [-0.05, 0) is 55.5 Å². The summed E-state index contributed by atoms with van der Waals surface area (Å²) in [4.78, 5) is 2.27. The molecule has 1 aliphatic heterocycles. The monoisotopic (exact) mass is 385 g/mol. The standard InChI is InChI=1S/C20H20FN3O2S/c1-14-19(25)24(18-5-3-2-4-17(18)21)20(27)23(14)16-8-6-15(7-9-16)22-10-12-26-13-11-22/h2-9,25H,10-13H2,1H3. The lowest BCUT2D eigenvalue weighted by Gasteiger charge is -2.29. The maximum absolute atomic E-state index is 14.2. The molecular weight excluding hydrogens is 365 g/mol. The predicted octanol–water partition coefficient (Wildman–Crippen LogP) is 3.99. The summed E-state index contributed by atoms with van der Waals surface area (Å²) in [5.41, 5.74) is 2.72. The van der Waals surface area contributed by atoms with Crippen LogP contribution in [0.1, 0.15) is 5.69 Å². The van der Waals surface area contributed by atoms with Crippen molar-refractivity contribution in [3.05, 3.63) is 64.8 Å². The van der Waals surface area contributed by atoms with Crippen LogP contribution in [-0.2, 0) is 4.74 Å². The van der Waals surface area contributed by atoms with Crippen LogP contribution in [0.25, 0.3) is 11.4 Å². The zero-order chi connectivity index (χ0) is 19.0. The van der Waals surface area contributed by atoms with E-state index < -0.39 is 5.82 Å². The maximum atomic E-state index is 14.2. The molecule has 1 aliphatic rings. The fourth-order valence-corrected chi connectivity index (χ4v) is 3.81. The Bertz CT molecular complexity index is 1020. The summed E-state index contributed by atoms with van der Waals surface area (Å²) in [6, 6.07) is 14.2. The number of para-hydroxylation sites is 1. The van der Waals surface area contributed by atoms with E-state index in [1.54, 1.807) is 29.7 Å². The third-order valence-corrected chi connectivity index (χ3v) is 5.20. The van der Waals surface area contributed by atoms with Crippen LogP contribution in [-0.4, -0.2) is 40.5 Å². The van der Waals surface area contributed by atoms with Gasteiger partial charge in [0.25, 0.3) is 0 Å². The topological polar surface area (TPSA) is 42.6 Å². The molecule has 0 aliphatic carbocycles. The molecule has 0 atom stereocenters. The van der Waals surface area contributed by atoms with Gasteiger partial charge < -0.3 is 14.7 Å². The fraction of sp³-hybridized carbons (Fsp3) is 0.250. The first-order valence-corrected chi connectivity index (χ1v) is 9.20. The zero-order valence-corrected chi connectivity index (χ0v) is 15.7. The number of morpholine rings is 1. The normalized spacial score (nSPS) is 14.5. The lowest BCUT2D eigenvalue weighted by atomic mass is 10.2. The van der Waals surface area contributed by atoms with Crippen LogP contribution in [0.15, 0.2) is 48.5 Å². The second-order valence-electron chi connectivity index (χ2n) is 6.43. The van der Waals surface area contributed by atoms with E-state index in [1.807, 2.05) is 24.3 Å². The number of aromatic nitrogens is 2. The second-order valence-corrected chi connectivity index (χ2v) is 6.79. The minimum absolute atomic E-state index is 0.0673. The van der Waals surface area contributed by atoms with Crippen molar-refractivity contribution < 1.29 is 14.2 Å². The average molecular weight is 385 g/mol. The van der Waals surface area contributed by atoms with Crippen molar-refractivity contribution in [2.45, 2.75) is 6.92 Å². The number of ether oxygens (including phenoxy) is 1. The summed E-state index contributed by atoms with van der Waals surface area (Å²) >= 11 is 5.55. The molecule has 0 amide bonds. The van der Waals surface area contributed by atoms with Crippen LogP contribution in [0.3, 0.4) is 0 Å². The molecule has 1 N–H and O–H groups in total. The second kappa shape index (κ2) is 7.17. The van der Waals surface area contributed by atoms with Gasteiger partial charge in [0.1, 0.15) is 5.82 Å². The van der Waals surface area contributed by atoms with Gasteiger partial charge in [0.05, 0.1) is 24.6 Å². The number of hydrogen-bond donors (Lipinski definition) is 1. The van der Waals surface area contributed by atoms with Gasteiger partial charge in [-0.2, -0.15) is 0 Å². The van der Waals surface area contributed by atoms with Gasteiger partial charge in [-0.3, -0.25) is 9.13 Å². The van der Waals surface area contributed by atoms with E-state index in [9.17, 15) is 9.50 Å². The highest BCUT2D eigenvalue weighted by Gasteiger charge is 2.19. The molecule has 1 saturated heterocycles. The molecule has 7 heteroatoms. The smallest absolute Gasteiger partial charge is 0.218 e. The number of nitrogens with zero attached hydrogens (tertiary/aromatic N) is 3. The van der Waals surface area contributed by atoms with Gasteiger partial charge in [0, 0.05) is 24.5 Å². The number of rotatable bonds is 3. The highest BCUT2D eigenvalue weighted by atomic mass is 32.1. The largest absolute Gasteiger partial charge is 0.493 e. The molecule has 0 unspecified atom stereocenters. The van der Waals surface area contributed by atoms with Gasteiger partial charge >= 0.3 is 0 Å². The fourth-order valence-electron chi connectivity index (χ4n) is 3.38. The van der Waals surface area contributed by atoms with Crippen LogP contribution in [0, 0.1) is 17.5 Å². The third-order valence-electron chi connectivity index (χ3n) is 4.83. The highest BCUT2D eigenvalue weighted by Crippen LogP contribution is 2.29. The number of anilines is 1. The first kappa shape index (κ1) is 17.8. The third kappa shape index (κ3) is 3.13. The van der Waals surface area contributed by atoms with E-state index >= 15 is 0 Å². The molecule has 4 rings (SSSR count). The Morgan fingerprint density at radius 2 is 1.59 bits per heavy atom. The maximum Gasteiger partial charge on any atom is 0.218 e. The number of imidazole rings is 1. The first-order valence-electron chi connectivity index (χ1n) is 8.79. The van der Waals surface area contributed by atoms with Crippen molar-refractivity contribution in [2.75, 3.05) is 31.2 Å². The molecule has 2 heterocycles. The SMILES string of the molecule is Cc1c(O)n(-c2ccccc2F)c(=S)n1-c1ccc(N2CCOCC2)cc1. The van der Waals surface area contributed by atoms with E-state index in [0.29, 0.717) is 10.5 Å². The summed E-state index contributed by atoms with van der Waals surface area (Å²) in [6.45, 7) is 4.94. The van der Waals surface area contributed by atoms with Gasteiger partial charge in [-0.25, -0.2) is 4.39 Å².